The summed E-state index contributed by atoms with van der Waals surface area (Å²) in [5.74, 6) is 7.34. The lowest BCUT2D eigenvalue weighted by Gasteiger charge is -2.29. The van der Waals surface area contributed by atoms with E-state index in [1.807, 2.05) is 0 Å². The number of hydrogen-bond acceptors (Lipinski definition) is 4. The third-order valence-electron chi connectivity index (χ3n) is 18.0. The zero-order valence-electron chi connectivity index (χ0n) is 47.4. The van der Waals surface area contributed by atoms with Crippen molar-refractivity contribution in [3.8, 4) is 34.1 Å². The molecule has 2 fully saturated rings. The van der Waals surface area contributed by atoms with Crippen molar-refractivity contribution in [2.24, 2.45) is 11.8 Å². The molecule has 2 saturated carbocycles. The van der Waals surface area contributed by atoms with Crippen molar-refractivity contribution in [1.82, 2.24) is 0 Å². The lowest BCUT2D eigenvalue weighted by atomic mass is 9.77. The van der Waals surface area contributed by atoms with Gasteiger partial charge < -0.3 is 18.9 Å². The predicted octanol–water partition coefficient (Wildman–Crippen LogP) is 21.1. The van der Waals surface area contributed by atoms with Gasteiger partial charge in [-0.3, -0.25) is 0 Å². The molecule has 0 N–H and O–H groups in total. The summed E-state index contributed by atoms with van der Waals surface area (Å²) < 4.78 is 25.8. The molecule has 0 radical (unpaired) electrons. The van der Waals surface area contributed by atoms with Crippen molar-refractivity contribution in [1.29, 1.82) is 0 Å². The third-order valence-corrected chi connectivity index (χ3v) is 18.0. The zero-order valence-corrected chi connectivity index (χ0v) is 47.4. The topological polar surface area (TPSA) is 36.9 Å². The molecule has 0 spiro atoms. The van der Waals surface area contributed by atoms with E-state index in [0.29, 0.717) is 0 Å². The molecule has 0 unspecified atom stereocenters. The van der Waals surface area contributed by atoms with Gasteiger partial charge in [0.25, 0.3) is 0 Å². The van der Waals surface area contributed by atoms with Gasteiger partial charge in [-0.2, -0.15) is 0 Å². The maximum atomic E-state index is 6.70. The minimum atomic E-state index is 0.731. The van der Waals surface area contributed by atoms with Crippen molar-refractivity contribution >= 4 is 21.5 Å². The molecule has 2 aliphatic carbocycles. The van der Waals surface area contributed by atoms with Gasteiger partial charge >= 0.3 is 0 Å². The first-order valence-electron chi connectivity index (χ1n) is 31.4. The normalized spacial score (nSPS) is 19.2. The van der Waals surface area contributed by atoms with Gasteiger partial charge in [0.2, 0.25) is 0 Å². The third kappa shape index (κ3) is 16.3. The number of benzene rings is 6. The molecule has 76 heavy (non-hydrogen) atoms. The van der Waals surface area contributed by atoms with E-state index in [4.69, 9.17) is 18.9 Å². The van der Waals surface area contributed by atoms with Gasteiger partial charge in [-0.1, -0.05) is 164 Å². The summed E-state index contributed by atoms with van der Waals surface area (Å²) in [6, 6.07) is 41.5. The Balaban J connectivity index is 0.745. The van der Waals surface area contributed by atoms with E-state index in [1.54, 1.807) is 0 Å². The smallest absolute Gasteiger partial charge is 0.127 e. The minimum Gasteiger partial charge on any atom is -0.494 e. The van der Waals surface area contributed by atoms with Crippen LogP contribution in [0.4, 0.5) is 0 Å². The van der Waals surface area contributed by atoms with E-state index >= 15 is 0 Å². The Hall–Kier alpha value is -4.96. The first-order valence-corrected chi connectivity index (χ1v) is 31.4. The van der Waals surface area contributed by atoms with Crippen LogP contribution in [0.1, 0.15) is 228 Å². The molecular weight excluding hydrogens is 929 g/mol. The Bertz CT molecular complexity index is 2430. The van der Waals surface area contributed by atoms with Gasteiger partial charge in [0.1, 0.15) is 23.0 Å². The predicted molar refractivity (Wildman–Crippen MR) is 322 cm³/mol. The molecule has 4 heteroatoms. The van der Waals surface area contributed by atoms with Gasteiger partial charge in [-0.25, -0.2) is 0 Å². The van der Waals surface area contributed by atoms with E-state index in [9.17, 15) is 0 Å². The summed E-state index contributed by atoms with van der Waals surface area (Å²) in [6.45, 7) is 7.67. The molecule has 6 aromatic carbocycles. The summed E-state index contributed by atoms with van der Waals surface area (Å²) in [5, 5.41) is 5.01. The maximum absolute atomic E-state index is 6.70. The molecule has 6 aromatic rings. The Kier molecular flexibility index (Phi) is 22.2. The fraction of sp³-hybridized carbons (Fsp3) is 0.556. The zero-order chi connectivity index (χ0) is 52.0. The number of fused-ring (bicyclic) bond motifs is 7. The average molecular weight is 1030 g/mol. The quantitative estimate of drug-likeness (QED) is 0.0507. The molecule has 3 aliphatic rings. The van der Waals surface area contributed by atoms with Crippen LogP contribution in [0, 0.1) is 11.8 Å². The molecule has 1 aliphatic heterocycles. The van der Waals surface area contributed by atoms with Crippen LogP contribution >= 0.6 is 0 Å². The molecule has 0 saturated heterocycles. The van der Waals surface area contributed by atoms with Crippen molar-refractivity contribution in [3.63, 3.8) is 0 Å². The Labute approximate surface area is 460 Å². The van der Waals surface area contributed by atoms with Crippen LogP contribution in [0.15, 0.2) is 109 Å². The van der Waals surface area contributed by atoms with Crippen molar-refractivity contribution in [3.05, 3.63) is 131 Å². The molecule has 4 nitrogen and oxygen atoms in total. The minimum absolute atomic E-state index is 0.731. The van der Waals surface area contributed by atoms with Crippen LogP contribution in [0.25, 0.3) is 32.7 Å². The fourth-order valence-corrected chi connectivity index (χ4v) is 13.3. The van der Waals surface area contributed by atoms with Gasteiger partial charge in [0.15, 0.2) is 0 Å². The molecule has 408 valence electrons. The first kappa shape index (κ1) is 55.8. The largest absolute Gasteiger partial charge is 0.494 e. The summed E-state index contributed by atoms with van der Waals surface area (Å²) >= 11 is 0. The van der Waals surface area contributed by atoms with Crippen LogP contribution in [0.5, 0.6) is 23.0 Å². The number of hydrogen-bond donors (Lipinski definition) is 0. The molecule has 0 bridgehead atoms. The maximum Gasteiger partial charge on any atom is 0.127 e. The summed E-state index contributed by atoms with van der Waals surface area (Å²) in [6.07, 6.45) is 38.2. The van der Waals surface area contributed by atoms with Crippen molar-refractivity contribution in [2.75, 3.05) is 26.4 Å². The Morgan fingerprint density at radius 3 is 1.24 bits per heavy atom. The van der Waals surface area contributed by atoms with E-state index in [2.05, 4.69) is 123 Å². The molecule has 0 aromatic heterocycles. The van der Waals surface area contributed by atoms with Crippen molar-refractivity contribution < 1.29 is 18.9 Å². The van der Waals surface area contributed by atoms with E-state index < -0.39 is 0 Å². The molecule has 0 amide bonds. The average Bonchev–Trinajstić information content (AvgIpc) is 3.46. The molecular formula is C72H96O4. The number of aryl methyl sites for hydroxylation is 2. The highest BCUT2D eigenvalue weighted by Crippen LogP contribution is 2.47. The van der Waals surface area contributed by atoms with Crippen LogP contribution < -0.4 is 18.9 Å². The molecule has 1 heterocycles. The summed E-state index contributed by atoms with van der Waals surface area (Å²) in [5.41, 5.74) is 8.16. The van der Waals surface area contributed by atoms with E-state index in [1.165, 1.54) is 196 Å². The van der Waals surface area contributed by atoms with Crippen LogP contribution in [-0.4, -0.2) is 26.4 Å². The molecule has 0 atom stereocenters. The highest BCUT2D eigenvalue weighted by atomic mass is 16.5. The first-order chi connectivity index (χ1) is 37.6. The summed E-state index contributed by atoms with van der Waals surface area (Å²) in [7, 11) is 0. The van der Waals surface area contributed by atoms with Gasteiger partial charge in [0, 0.05) is 11.1 Å². The monoisotopic (exact) mass is 1020 g/mol. The highest BCUT2D eigenvalue weighted by Gasteiger charge is 2.24. The number of ether oxygens (including phenoxy) is 4. The van der Waals surface area contributed by atoms with Gasteiger partial charge in [0.05, 0.1) is 26.4 Å². The van der Waals surface area contributed by atoms with Gasteiger partial charge in [-0.15, -0.1) is 0 Å². The lowest BCUT2D eigenvalue weighted by molar-refractivity contribution is 0.285. The number of rotatable bonds is 26. The van der Waals surface area contributed by atoms with Crippen LogP contribution in [0.3, 0.4) is 0 Å². The van der Waals surface area contributed by atoms with E-state index in [0.717, 1.165) is 124 Å². The van der Waals surface area contributed by atoms with Crippen LogP contribution in [-0.2, 0) is 12.8 Å². The summed E-state index contributed by atoms with van der Waals surface area (Å²) in [4.78, 5) is 0. The lowest BCUT2D eigenvalue weighted by Crippen LogP contribution is -2.13. The van der Waals surface area contributed by atoms with Gasteiger partial charge in [-0.05, 0) is 219 Å². The fourth-order valence-electron chi connectivity index (χ4n) is 13.3. The Morgan fingerprint density at radius 1 is 0.395 bits per heavy atom. The van der Waals surface area contributed by atoms with E-state index in [-0.39, 0.29) is 0 Å². The standard InChI is InChI=1S/C72H96O4/c1-3-5-13-21-55-25-31-59(32-26-55)61-35-41-65(42-36-61)73-49-17-9-7-15-23-57-29-45-67-63(53-57)39-47-69-71(67)72-68-46-30-58(54-64(68)40-48-70(72)76-52-20-12-11-19-51-75-69)24-16-8-10-18-50-74-66-43-37-62(38-44-66)60-33-27-56(28-34-60)22-14-6-4-2/h29-30,35-48,53-56,59-60H,3-28,31-34,49-52H2,1-2H3. The van der Waals surface area contributed by atoms with Crippen LogP contribution in [0.2, 0.25) is 0 Å². The highest BCUT2D eigenvalue weighted by molar-refractivity contribution is 6.10. The van der Waals surface area contributed by atoms with Crippen molar-refractivity contribution in [2.45, 2.75) is 218 Å². The second kappa shape index (κ2) is 30.3. The Morgan fingerprint density at radius 2 is 0.816 bits per heavy atom. The SMILES string of the molecule is CCCCCC1CCC(c2ccc(OCCCCCCc3ccc4c5c(ccc4c3)OCCCCCCOc3ccc4cc(CCCCCCOc6ccc(C7CCC(CCCCC)CC7)cc6)ccc4c3-5)cc2)CC1. The second-order valence-corrected chi connectivity index (χ2v) is 23.7. The second-order valence-electron chi connectivity index (χ2n) is 23.7. The number of unbranched alkanes of at least 4 members (excludes halogenated alkanes) is 10. The molecule has 9 rings (SSSR count).